The summed E-state index contributed by atoms with van der Waals surface area (Å²) in [6.07, 6.45) is 0. The van der Waals surface area contributed by atoms with E-state index in [4.69, 9.17) is 12.2 Å². The molecule has 1 amide bonds. The van der Waals surface area contributed by atoms with Crippen molar-refractivity contribution in [1.82, 2.24) is 5.32 Å². The number of carbonyl (C=O) groups is 2. The highest BCUT2D eigenvalue weighted by Crippen LogP contribution is 2.20. The van der Waals surface area contributed by atoms with Gasteiger partial charge in [0, 0.05) is 22.5 Å². The number of benzene rings is 3. The van der Waals surface area contributed by atoms with E-state index in [0.717, 1.165) is 11.1 Å². The van der Waals surface area contributed by atoms with Crippen LogP contribution in [-0.2, 0) is 10.0 Å². The minimum atomic E-state index is -3.76. The molecule has 0 atom stereocenters. The van der Waals surface area contributed by atoms with E-state index in [9.17, 15) is 18.0 Å². The van der Waals surface area contributed by atoms with E-state index >= 15 is 0 Å². The third kappa shape index (κ3) is 6.24. The molecule has 0 aliphatic rings. The fourth-order valence-electron chi connectivity index (χ4n) is 2.95. The van der Waals surface area contributed by atoms with E-state index in [0.29, 0.717) is 22.5 Å². The maximum atomic E-state index is 12.7. The lowest BCUT2D eigenvalue weighted by Gasteiger charge is -2.12. The number of sulfonamides is 1. The topological polar surface area (TPSA) is 104 Å². The van der Waals surface area contributed by atoms with Crippen LogP contribution in [0.1, 0.15) is 38.8 Å². The number of nitrogens with one attached hydrogen (secondary N) is 3. The monoisotopic (exact) mass is 481 g/mol. The molecule has 3 aromatic rings. The van der Waals surface area contributed by atoms with Gasteiger partial charge < -0.3 is 5.32 Å². The zero-order valence-corrected chi connectivity index (χ0v) is 19.9. The number of rotatable bonds is 6. The molecule has 0 fully saturated rings. The zero-order chi connectivity index (χ0) is 24.2. The number of Topliss-reactive ketones (excluding diaryl/α,β-unsaturated/α-hetero) is 1. The first-order valence-electron chi connectivity index (χ1n) is 9.98. The van der Waals surface area contributed by atoms with E-state index in [2.05, 4.69) is 15.4 Å². The molecule has 0 spiro atoms. The molecule has 3 N–H and O–H groups in total. The highest BCUT2D eigenvalue weighted by Gasteiger charge is 2.15. The molecule has 7 nitrogen and oxygen atoms in total. The summed E-state index contributed by atoms with van der Waals surface area (Å²) in [6.45, 7) is 5.29. The van der Waals surface area contributed by atoms with Gasteiger partial charge in [-0.25, -0.2) is 8.42 Å². The second kappa shape index (κ2) is 9.93. The summed E-state index contributed by atoms with van der Waals surface area (Å²) in [7, 11) is -3.76. The highest BCUT2D eigenvalue weighted by molar-refractivity contribution is 7.92. The predicted octanol–water partition coefficient (Wildman–Crippen LogP) is 4.43. The molecule has 0 aliphatic carbocycles. The van der Waals surface area contributed by atoms with Gasteiger partial charge in [0.05, 0.1) is 4.90 Å². The Morgan fingerprint density at radius 3 is 2.09 bits per heavy atom. The molecule has 0 heterocycles. The average Bonchev–Trinajstić information content (AvgIpc) is 2.76. The molecule has 0 bridgehead atoms. The Hall–Kier alpha value is -3.56. The van der Waals surface area contributed by atoms with Crippen molar-refractivity contribution in [2.45, 2.75) is 25.7 Å². The summed E-state index contributed by atoms with van der Waals surface area (Å²) in [6, 6.07) is 17.6. The fraction of sp³-hybridized carbons (Fsp3) is 0.125. The van der Waals surface area contributed by atoms with E-state index in [1.165, 1.54) is 25.1 Å². The van der Waals surface area contributed by atoms with Crippen molar-refractivity contribution in [3.05, 3.63) is 89.0 Å². The van der Waals surface area contributed by atoms with Crippen LogP contribution in [-0.4, -0.2) is 25.2 Å². The van der Waals surface area contributed by atoms with Gasteiger partial charge in [-0.2, -0.15) is 0 Å². The van der Waals surface area contributed by atoms with Crippen LogP contribution in [0.25, 0.3) is 0 Å². The first-order chi connectivity index (χ1) is 15.5. The van der Waals surface area contributed by atoms with Crippen LogP contribution in [0.4, 0.5) is 11.4 Å². The molecule has 33 heavy (non-hydrogen) atoms. The lowest BCUT2D eigenvalue weighted by molar-refractivity contribution is 0.0977. The molecular weight excluding hydrogens is 458 g/mol. The van der Waals surface area contributed by atoms with Gasteiger partial charge in [0.2, 0.25) is 0 Å². The Morgan fingerprint density at radius 2 is 1.45 bits per heavy atom. The molecule has 0 radical (unpaired) electrons. The number of anilines is 2. The van der Waals surface area contributed by atoms with E-state index in [1.807, 2.05) is 19.9 Å². The standard InChI is InChI=1S/C24H23N3O4S2/c1-15-7-8-21(13-16(15)2)27-33(30,31)22-11-9-20(10-12-22)25-24(32)26-23(29)19-6-4-5-18(14-19)17(3)28/h4-14,27H,1-3H3,(H2,25,26,29,32). The average molecular weight is 482 g/mol. The Balaban J connectivity index is 1.64. The maximum Gasteiger partial charge on any atom is 0.261 e. The highest BCUT2D eigenvalue weighted by atomic mass is 32.2. The van der Waals surface area contributed by atoms with Gasteiger partial charge >= 0.3 is 0 Å². The number of carbonyl (C=O) groups excluding carboxylic acids is 2. The van der Waals surface area contributed by atoms with Crippen LogP contribution in [0.2, 0.25) is 0 Å². The molecule has 0 saturated heterocycles. The molecule has 3 aromatic carbocycles. The molecular formula is C24H23N3O4S2. The molecule has 9 heteroatoms. The van der Waals surface area contributed by atoms with Crippen LogP contribution < -0.4 is 15.4 Å². The summed E-state index contributed by atoms with van der Waals surface area (Å²) in [4.78, 5) is 24.0. The van der Waals surface area contributed by atoms with E-state index < -0.39 is 15.9 Å². The van der Waals surface area contributed by atoms with Gasteiger partial charge in [-0.05, 0) is 92.6 Å². The number of ketones is 1. The fourth-order valence-corrected chi connectivity index (χ4v) is 4.21. The SMILES string of the molecule is CC(=O)c1cccc(C(=O)NC(=S)Nc2ccc(S(=O)(=O)Nc3ccc(C)c(C)c3)cc2)c1. The quantitative estimate of drug-likeness (QED) is 0.355. The van der Waals surface area contributed by atoms with Crippen LogP contribution in [0, 0.1) is 13.8 Å². The molecule has 0 aromatic heterocycles. The van der Waals surface area contributed by atoms with E-state index in [-0.39, 0.29) is 15.8 Å². The molecule has 0 unspecified atom stereocenters. The van der Waals surface area contributed by atoms with Crippen molar-refractivity contribution >= 4 is 50.4 Å². The van der Waals surface area contributed by atoms with Crippen molar-refractivity contribution in [2.75, 3.05) is 10.0 Å². The number of hydrogen-bond acceptors (Lipinski definition) is 5. The van der Waals surface area contributed by atoms with Crippen molar-refractivity contribution < 1.29 is 18.0 Å². The summed E-state index contributed by atoms with van der Waals surface area (Å²) < 4.78 is 27.9. The summed E-state index contributed by atoms with van der Waals surface area (Å²) in [5, 5.41) is 5.42. The van der Waals surface area contributed by atoms with Gasteiger partial charge in [-0.3, -0.25) is 19.6 Å². The number of hydrogen-bond donors (Lipinski definition) is 3. The second-order valence-corrected chi connectivity index (χ2v) is 9.56. The van der Waals surface area contributed by atoms with Crippen molar-refractivity contribution in [1.29, 1.82) is 0 Å². The van der Waals surface area contributed by atoms with Crippen molar-refractivity contribution in [3.8, 4) is 0 Å². The van der Waals surface area contributed by atoms with Gasteiger partial charge in [-0.15, -0.1) is 0 Å². The zero-order valence-electron chi connectivity index (χ0n) is 18.3. The van der Waals surface area contributed by atoms with Gasteiger partial charge in [0.1, 0.15) is 0 Å². The molecule has 3 rings (SSSR count). The third-order valence-corrected chi connectivity index (χ3v) is 6.54. The maximum absolute atomic E-state index is 12.7. The minimum absolute atomic E-state index is 0.0390. The Bertz CT molecular complexity index is 1330. The Labute approximate surface area is 198 Å². The first-order valence-corrected chi connectivity index (χ1v) is 11.9. The third-order valence-electron chi connectivity index (χ3n) is 4.94. The lowest BCUT2D eigenvalue weighted by atomic mass is 10.1. The molecule has 0 saturated carbocycles. The Kier molecular flexibility index (Phi) is 7.25. The predicted molar refractivity (Wildman–Crippen MR) is 133 cm³/mol. The Morgan fingerprint density at radius 1 is 0.818 bits per heavy atom. The van der Waals surface area contributed by atoms with Crippen LogP contribution in [0.3, 0.4) is 0 Å². The van der Waals surface area contributed by atoms with E-state index in [1.54, 1.807) is 42.5 Å². The smallest absolute Gasteiger partial charge is 0.261 e. The summed E-state index contributed by atoms with van der Waals surface area (Å²) in [5.41, 5.74) is 3.76. The van der Waals surface area contributed by atoms with Crippen LogP contribution >= 0.6 is 12.2 Å². The minimum Gasteiger partial charge on any atom is -0.332 e. The first kappa shape index (κ1) is 24.1. The summed E-state index contributed by atoms with van der Waals surface area (Å²) in [5.74, 6) is -0.611. The normalized spacial score (nSPS) is 10.9. The number of thiocarbonyl (C=S) groups is 1. The second-order valence-electron chi connectivity index (χ2n) is 7.47. The molecule has 170 valence electrons. The van der Waals surface area contributed by atoms with Gasteiger partial charge in [0.15, 0.2) is 10.9 Å². The van der Waals surface area contributed by atoms with Gasteiger partial charge in [-0.1, -0.05) is 18.2 Å². The number of aryl methyl sites for hydroxylation is 2. The summed E-state index contributed by atoms with van der Waals surface area (Å²) >= 11 is 5.17. The van der Waals surface area contributed by atoms with Gasteiger partial charge in [0.25, 0.3) is 15.9 Å². The van der Waals surface area contributed by atoms with Crippen molar-refractivity contribution in [3.63, 3.8) is 0 Å². The number of amides is 1. The van der Waals surface area contributed by atoms with Crippen LogP contribution in [0.5, 0.6) is 0 Å². The van der Waals surface area contributed by atoms with Crippen LogP contribution in [0.15, 0.2) is 71.6 Å². The molecule has 0 aliphatic heterocycles. The van der Waals surface area contributed by atoms with Crippen molar-refractivity contribution in [2.24, 2.45) is 0 Å². The largest absolute Gasteiger partial charge is 0.332 e. The lowest BCUT2D eigenvalue weighted by Crippen LogP contribution is -2.34.